The largest absolute Gasteiger partial charge is 0.356 e. The van der Waals surface area contributed by atoms with Crippen molar-refractivity contribution in [3.05, 3.63) is 35.4 Å². The van der Waals surface area contributed by atoms with Crippen LogP contribution < -0.4 is 10.6 Å². The van der Waals surface area contributed by atoms with E-state index in [1.54, 1.807) is 0 Å². The molecule has 2 N–H and O–H groups in total. The second kappa shape index (κ2) is 14.2. The van der Waals surface area contributed by atoms with Gasteiger partial charge in [0, 0.05) is 52.9 Å². The topological polar surface area (TPSA) is 42.9 Å². The number of hydrogen-bond acceptors (Lipinski definition) is 3. The van der Waals surface area contributed by atoms with Crippen molar-refractivity contribution in [1.29, 1.82) is 0 Å². The van der Waals surface area contributed by atoms with Crippen molar-refractivity contribution in [3.8, 4) is 0 Å². The van der Waals surface area contributed by atoms with Gasteiger partial charge >= 0.3 is 0 Å². The number of halogens is 1. The van der Waals surface area contributed by atoms with Crippen LogP contribution in [0.15, 0.2) is 29.3 Å². The summed E-state index contributed by atoms with van der Waals surface area (Å²) in [7, 11) is 4.04. The number of guanidine groups is 1. The second-order valence-corrected chi connectivity index (χ2v) is 7.31. The summed E-state index contributed by atoms with van der Waals surface area (Å²) in [5.74, 6) is 0.892. The van der Waals surface area contributed by atoms with Gasteiger partial charge in [-0.2, -0.15) is 0 Å². The molecule has 0 unspecified atom stereocenters. The van der Waals surface area contributed by atoms with Crippen molar-refractivity contribution in [2.24, 2.45) is 4.99 Å². The molecule has 6 heteroatoms. The molecule has 1 heterocycles. The maximum Gasteiger partial charge on any atom is 0.191 e. The number of piperazine rings is 1. The summed E-state index contributed by atoms with van der Waals surface area (Å²) >= 11 is 0. The van der Waals surface area contributed by atoms with Gasteiger partial charge in [-0.3, -0.25) is 9.89 Å². The fourth-order valence-corrected chi connectivity index (χ4v) is 3.19. The molecule has 27 heavy (non-hydrogen) atoms. The zero-order chi connectivity index (χ0) is 18.6. The molecule has 1 aliphatic heterocycles. The average molecular weight is 487 g/mol. The molecule has 0 aliphatic carbocycles. The molecule has 1 saturated heterocycles. The summed E-state index contributed by atoms with van der Waals surface area (Å²) in [6.45, 7) is 9.78. The zero-order valence-electron chi connectivity index (χ0n) is 17.3. The van der Waals surface area contributed by atoms with Crippen molar-refractivity contribution >= 4 is 29.9 Å². The summed E-state index contributed by atoms with van der Waals surface area (Å²) in [5, 5.41) is 6.80. The van der Waals surface area contributed by atoms with Crippen molar-refractivity contribution in [2.75, 3.05) is 46.8 Å². The summed E-state index contributed by atoms with van der Waals surface area (Å²) < 4.78 is 0. The molecule has 154 valence electrons. The Morgan fingerprint density at radius 3 is 2.26 bits per heavy atom. The van der Waals surface area contributed by atoms with E-state index in [4.69, 9.17) is 0 Å². The number of nitrogens with zero attached hydrogens (tertiary/aromatic N) is 3. The maximum absolute atomic E-state index is 4.31. The zero-order valence-corrected chi connectivity index (χ0v) is 19.7. The Labute approximate surface area is 183 Å². The van der Waals surface area contributed by atoms with Gasteiger partial charge in [-0.15, -0.1) is 24.0 Å². The fraction of sp³-hybridized carbons (Fsp3) is 0.667. The van der Waals surface area contributed by atoms with Crippen LogP contribution in [-0.2, 0) is 13.1 Å². The molecule has 5 nitrogen and oxygen atoms in total. The van der Waals surface area contributed by atoms with Crippen LogP contribution in [0.5, 0.6) is 0 Å². The highest BCUT2D eigenvalue weighted by atomic mass is 127. The smallest absolute Gasteiger partial charge is 0.191 e. The lowest BCUT2D eigenvalue weighted by atomic mass is 10.1. The Balaban J connectivity index is 0.00000364. The van der Waals surface area contributed by atoms with Gasteiger partial charge in [-0.25, -0.2) is 0 Å². The van der Waals surface area contributed by atoms with Gasteiger partial charge in [-0.1, -0.05) is 50.5 Å². The first kappa shape index (κ1) is 24.2. The number of aliphatic imine (C=N–C) groups is 1. The lowest BCUT2D eigenvalue weighted by Gasteiger charge is -2.32. The second-order valence-electron chi connectivity index (χ2n) is 7.31. The summed E-state index contributed by atoms with van der Waals surface area (Å²) in [4.78, 5) is 9.24. The van der Waals surface area contributed by atoms with Crippen LogP contribution in [0, 0.1) is 0 Å². The predicted octanol–water partition coefficient (Wildman–Crippen LogP) is 3.30. The standard InChI is InChI=1S/C21H37N5.HI/c1-4-5-6-7-12-23-21(22-2)24-17-19-8-10-20(11-9-19)18-26-15-13-25(3)14-16-26;/h8-11H,4-7,12-18H2,1-3H3,(H2,22,23,24);1H. The fourth-order valence-electron chi connectivity index (χ4n) is 3.19. The molecule has 0 saturated carbocycles. The molecule has 0 aromatic heterocycles. The first-order valence-electron chi connectivity index (χ1n) is 10.1. The number of benzene rings is 1. The normalized spacial score (nSPS) is 16.0. The van der Waals surface area contributed by atoms with Crippen molar-refractivity contribution < 1.29 is 0 Å². The molecule has 1 fully saturated rings. The minimum absolute atomic E-state index is 0. The predicted molar refractivity (Wildman–Crippen MR) is 127 cm³/mol. The molecule has 0 amide bonds. The van der Waals surface area contributed by atoms with Gasteiger partial charge in [0.05, 0.1) is 0 Å². The summed E-state index contributed by atoms with van der Waals surface area (Å²) in [5.41, 5.74) is 2.69. The molecule has 1 aliphatic rings. The Morgan fingerprint density at radius 2 is 1.63 bits per heavy atom. The molecule has 1 aromatic rings. The minimum Gasteiger partial charge on any atom is -0.356 e. The molecule has 0 bridgehead atoms. The van der Waals surface area contributed by atoms with Gasteiger partial charge < -0.3 is 15.5 Å². The van der Waals surface area contributed by atoms with E-state index in [-0.39, 0.29) is 24.0 Å². The highest BCUT2D eigenvalue weighted by Crippen LogP contribution is 2.09. The van der Waals surface area contributed by atoms with E-state index in [9.17, 15) is 0 Å². The lowest BCUT2D eigenvalue weighted by Crippen LogP contribution is -2.43. The third kappa shape index (κ3) is 9.76. The first-order valence-corrected chi connectivity index (χ1v) is 10.1. The van der Waals surface area contributed by atoms with E-state index in [2.05, 4.69) is 63.7 Å². The van der Waals surface area contributed by atoms with E-state index >= 15 is 0 Å². The van der Waals surface area contributed by atoms with Crippen LogP contribution in [0.4, 0.5) is 0 Å². The van der Waals surface area contributed by atoms with Crippen LogP contribution in [-0.4, -0.2) is 62.6 Å². The van der Waals surface area contributed by atoms with E-state index in [1.807, 2.05) is 7.05 Å². The van der Waals surface area contributed by atoms with Gasteiger partial charge in [0.15, 0.2) is 5.96 Å². The minimum atomic E-state index is 0. The van der Waals surface area contributed by atoms with Crippen LogP contribution in [0.25, 0.3) is 0 Å². The average Bonchev–Trinajstić information content (AvgIpc) is 2.67. The van der Waals surface area contributed by atoms with Crippen LogP contribution in [0.1, 0.15) is 43.7 Å². The van der Waals surface area contributed by atoms with Gasteiger partial charge in [0.1, 0.15) is 0 Å². The number of likely N-dealkylation sites (N-methyl/N-ethyl adjacent to an activating group) is 1. The SMILES string of the molecule is CCCCCCNC(=NC)NCc1ccc(CN2CCN(C)CC2)cc1.I. The van der Waals surface area contributed by atoms with E-state index in [0.29, 0.717) is 0 Å². The molecular weight excluding hydrogens is 449 g/mol. The van der Waals surface area contributed by atoms with Crippen molar-refractivity contribution in [3.63, 3.8) is 0 Å². The molecule has 1 aromatic carbocycles. The van der Waals surface area contributed by atoms with E-state index in [1.165, 1.54) is 63.0 Å². The molecular formula is C21H38IN5. The molecule has 0 spiro atoms. The van der Waals surface area contributed by atoms with E-state index in [0.717, 1.165) is 25.6 Å². The Kier molecular flexibility index (Phi) is 12.7. The monoisotopic (exact) mass is 487 g/mol. The molecule has 2 rings (SSSR count). The van der Waals surface area contributed by atoms with Crippen molar-refractivity contribution in [2.45, 2.75) is 45.7 Å². The highest BCUT2D eigenvalue weighted by molar-refractivity contribution is 14.0. The molecule has 0 atom stereocenters. The Bertz CT molecular complexity index is 524. The lowest BCUT2D eigenvalue weighted by molar-refractivity contribution is 0.148. The third-order valence-corrected chi connectivity index (χ3v) is 5.03. The van der Waals surface area contributed by atoms with Crippen LogP contribution >= 0.6 is 24.0 Å². The number of hydrogen-bond donors (Lipinski definition) is 2. The third-order valence-electron chi connectivity index (χ3n) is 5.03. The molecule has 0 radical (unpaired) electrons. The van der Waals surface area contributed by atoms with Crippen LogP contribution in [0.3, 0.4) is 0 Å². The Hall–Kier alpha value is -0.860. The van der Waals surface area contributed by atoms with Gasteiger partial charge in [0.25, 0.3) is 0 Å². The maximum atomic E-state index is 4.31. The van der Waals surface area contributed by atoms with Crippen LogP contribution in [0.2, 0.25) is 0 Å². The van der Waals surface area contributed by atoms with Crippen molar-refractivity contribution in [1.82, 2.24) is 20.4 Å². The highest BCUT2D eigenvalue weighted by Gasteiger charge is 2.13. The van der Waals surface area contributed by atoms with E-state index < -0.39 is 0 Å². The Morgan fingerprint density at radius 1 is 0.963 bits per heavy atom. The number of nitrogens with one attached hydrogen (secondary N) is 2. The number of unbranched alkanes of at least 4 members (excludes halogenated alkanes) is 3. The summed E-state index contributed by atoms with van der Waals surface area (Å²) in [6, 6.07) is 8.98. The summed E-state index contributed by atoms with van der Waals surface area (Å²) in [6.07, 6.45) is 5.08. The van der Waals surface area contributed by atoms with Gasteiger partial charge in [-0.05, 0) is 24.6 Å². The number of rotatable bonds is 9. The quantitative estimate of drug-likeness (QED) is 0.243. The van der Waals surface area contributed by atoms with Gasteiger partial charge in [0.2, 0.25) is 0 Å². The first-order chi connectivity index (χ1) is 12.7.